The van der Waals surface area contributed by atoms with Crippen molar-refractivity contribution in [3.05, 3.63) is 0 Å². The van der Waals surface area contributed by atoms with Crippen molar-refractivity contribution in [2.24, 2.45) is 0 Å². The van der Waals surface area contributed by atoms with E-state index in [0.717, 1.165) is 19.5 Å². The van der Waals surface area contributed by atoms with Crippen molar-refractivity contribution in [1.29, 1.82) is 0 Å². The first kappa shape index (κ1) is 13.1. The highest BCUT2D eigenvalue weighted by Gasteiger charge is 2.08. The molecule has 14 heavy (non-hydrogen) atoms. The molecule has 0 saturated carbocycles. The van der Waals surface area contributed by atoms with Crippen molar-refractivity contribution in [3.8, 4) is 0 Å². The summed E-state index contributed by atoms with van der Waals surface area (Å²) in [5, 5.41) is 3.02. The maximum Gasteiger partial charge on any atom is 0.222 e. The van der Waals surface area contributed by atoms with E-state index in [4.69, 9.17) is 0 Å². The monoisotopic (exact) mass is 200 g/mol. The van der Waals surface area contributed by atoms with Crippen LogP contribution in [0.2, 0.25) is 0 Å². The summed E-state index contributed by atoms with van der Waals surface area (Å²) in [4.78, 5) is 23.7. The van der Waals surface area contributed by atoms with Crippen LogP contribution in [0.4, 0.5) is 0 Å². The van der Waals surface area contributed by atoms with E-state index in [1.165, 1.54) is 6.92 Å². The molecule has 0 saturated heterocycles. The largest absolute Gasteiger partial charge is 0.346 e. The highest BCUT2D eigenvalue weighted by atomic mass is 16.2. The van der Waals surface area contributed by atoms with Gasteiger partial charge in [-0.25, -0.2) is 0 Å². The molecular formula is C10H20N2O2. The lowest BCUT2D eigenvalue weighted by Crippen LogP contribution is -2.29. The van der Waals surface area contributed by atoms with Crippen molar-refractivity contribution >= 4 is 11.7 Å². The first-order valence-corrected chi connectivity index (χ1v) is 4.96. The van der Waals surface area contributed by atoms with Crippen molar-refractivity contribution in [1.82, 2.24) is 10.2 Å². The Bertz CT molecular complexity index is 193. The number of rotatable bonds is 7. The second-order valence-electron chi connectivity index (χ2n) is 3.47. The van der Waals surface area contributed by atoms with Crippen LogP contribution in [-0.4, -0.2) is 43.8 Å². The van der Waals surface area contributed by atoms with Gasteiger partial charge < -0.3 is 15.0 Å². The minimum Gasteiger partial charge on any atom is -0.346 e. The predicted molar refractivity (Wildman–Crippen MR) is 56.1 cm³/mol. The molecule has 0 bridgehead atoms. The number of nitrogens with one attached hydrogen (secondary N) is 1. The maximum atomic E-state index is 11.4. The first-order chi connectivity index (χ1) is 6.57. The summed E-state index contributed by atoms with van der Waals surface area (Å²) in [6.07, 6.45) is 1.64. The molecule has 0 fully saturated rings. The van der Waals surface area contributed by atoms with E-state index < -0.39 is 0 Å². The van der Waals surface area contributed by atoms with Crippen LogP contribution < -0.4 is 5.32 Å². The summed E-state index contributed by atoms with van der Waals surface area (Å²) in [7, 11) is 3.66. The van der Waals surface area contributed by atoms with Crippen molar-refractivity contribution in [2.75, 3.05) is 27.2 Å². The molecule has 0 heterocycles. The SMILES string of the molecule is CNCCCN(C)C(=O)CCC(C)=O. The number of ketones is 1. The molecule has 0 aliphatic heterocycles. The van der Waals surface area contributed by atoms with E-state index in [0.29, 0.717) is 12.8 Å². The van der Waals surface area contributed by atoms with Gasteiger partial charge in [-0.1, -0.05) is 0 Å². The third-order valence-electron chi connectivity index (χ3n) is 2.04. The van der Waals surface area contributed by atoms with E-state index in [1.54, 1.807) is 11.9 Å². The van der Waals surface area contributed by atoms with Crippen LogP contribution >= 0.6 is 0 Å². The number of nitrogens with zero attached hydrogens (tertiary/aromatic N) is 1. The average molecular weight is 200 g/mol. The van der Waals surface area contributed by atoms with E-state index in [-0.39, 0.29) is 11.7 Å². The van der Waals surface area contributed by atoms with E-state index >= 15 is 0 Å². The number of hydrogen-bond donors (Lipinski definition) is 1. The Kier molecular flexibility index (Phi) is 7.02. The van der Waals surface area contributed by atoms with Gasteiger partial charge in [-0.15, -0.1) is 0 Å². The molecule has 0 unspecified atom stereocenters. The van der Waals surface area contributed by atoms with Crippen molar-refractivity contribution in [2.45, 2.75) is 26.2 Å². The zero-order valence-electron chi connectivity index (χ0n) is 9.30. The summed E-state index contributed by atoms with van der Waals surface area (Å²) in [6, 6.07) is 0. The van der Waals surface area contributed by atoms with Crippen LogP contribution in [0.1, 0.15) is 26.2 Å². The fraction of sp³-hybridized carbons (Fsp3) is 0.800. The summed E-state index contributed by atoms with van der Waals surface area (Å²) in [5.41, 5.74) is 0. The Morgan fingerprint density at radius 1 is 1.29 bits per heavy atom. The van der Waals surface area contributed by atoms with Gasteiger partial charge in [0.15, 0.2) is 0 Å². The summed E-state index contributed by atoms with van der Waals surface area (Å²) >= 11 is 0. The molecule has 0 aliphatic carbocycles. The van der Waals surface area contributed by atoms with Gasteiger partial charge in [0.25, 0.3) is 0 Å². The Labute approximate surface area is 85.7 Å². The number of Topliss-reactive ketones (excluding diaryl/α,β-unsaturated/α-hetero) is 1. The molecule has 0 rings (SSSR count). The second-order valence-corrected chi connectivity index (χ2v) is 3.47. The van der Waals surface area contributed by atoms with E-state index in [2.05, 4.69) is 5.32 Å². The molecule has 1 N–H and O–H groups in total. The Balaban J connectivity index is 3.59. The molecule has 0 aromatic rings. The van der Waals surface area contributed by atoms with Gasteiger partial charge >= 0.3 is 0 Å². The molecule has 82 valence electrons. The average Bonchev–Trinajstić information content (AvgIpc) is 2.14. The van der Waals surface area contributed by atoms with Crippen LogP contribution in [0.5, 0.6) is 0 Å². The maximum absolute atomic E-state index is 11.4. The third kappa shape index (κ3) is 6.60. The zero-order chi connectivity index (χ0) is 11.0. The van der Waals surface area contributed by atoms with Crippen LogP contribution in [-0.2, 0) is 9.59 Å². The molecule has 0 radical (unpaired) electrons. The van der Waals surface area contributed by atoms with Gasteiger partial charge in [-0.2, -0.15) is 0 Å². The van der Waals surface area contributed by atoms with Gasteiger partial charge in [0.1, 0.15) is 5.78 Å². The molecule has 0 aliphatic rings. The van der Waals surface area contributed by atoms with Crippen molar-refractivity contribution in [3.63, 3.8) is 0 Å². The Morgan fingerprint density at radius 2 is 1.93 bits per heavy atom. The Hall–Kier alpha value is -0.900. The molecule has 4 nitrogen and oxygen atoms in total. The van der Waals surface area contributed by atoms with Gasteiger partial charge in [-0.05, 0) is 26.9 Å². The smallest absolute Gasteiger partial charge is 0.222 e. The number of carbonyl (C=O) groups excluding carboxylic acids is 2. The van der Waals surface area contributed by atoms with Gasteiger partial charge in [0.2, 0.25) is 5.91 Å². The van der Waals surface area contributed by atoms with Gasteiger partial charge in [0, 0.05) is 26.4 Å². The minimum atomic E-state index is 0.0521. The number of amides is 1. The highest BCUT2D eigenvalue weighted by molar-refractivity contribution is 5.83. The molecule has 0 atom stereocenters. The molecule has 0 spiro atoms. The number of hydrogen-bond acceptors (Lipinski definition) is 3. The normalized spacial score (nSPS) is 9.93. The van der Waals surface area contributed by atoms with Gasteiger partial charge in [0.05, 0.1) is 0 Å². The second kappa shape index (κ2) is 7.50. The number of carbonyl (C=O) groups is 2. The minimum absolute atomic E-state index is 0.0521. The molecular weight excluding hydrogens is 180 g/mol. The van der Waals surface area contributed by atoms with Gasteiger partial charge in [-0.3, -0.25) is 4.79 Å². The lowest BCUT2D eigenvalue weighted by atomic mass is 10.2. The lowest BCUT2D eigenvalue weighted by Gasteiger charge is -2.16. The quantitative estimate of drug-likeness (QED) is 0.606. The Morgan fingerprint density at radius 3 is 2.43 bits per heavy atom. The summed E-state index contributed by atoms with van der Waals surface area (Å²) in [5.74, 6) is 0.123. The molecule has 4 heteroatoms. The van der Waals surface area contributed by atoms with E-state index in [9.17, 15) is 9.59 Å². The first-order valence-electron chi connectivity index (χ1n) is 4.96. The van der Waals surface area contributed by atoms with Crippen LogP contribution in [0.3, 0.4) is 0 Å². The standard InChI is InChI=1S/C10H20N2O2/c1-9(13)5-6-10(14)12(3)8-4-7-11-2/h11H,4-8H2,1-3H3. The highest BCUT2D eigenvalue weighted by Crippen LogP contribution is 1.97. The van der Waals surface area contributed by atoms with Crippen LogP contribution in [0, 0.1) is 0 Å². The fourth-order valence-corrected chi connectivity index (χ4v) is 1.09. The predicted octanol–water partition coefficient (Wildman–Crippen LogP) is 0.423. The topological polar surface area (TPSA) is 49.4 Å². The summed E-state index contributed by atoms with van der Waals surface area (Å²) < 4.78 is 0. The summed E-state index contributed by atoms with van der Waals surface area (Å²) in [6.45, 7) is 3.16. The van der Waals surface area contributed by atoms with Crippen LogP contribution in [0.25, 0.3) is 0 Å². The van der Waals surface area contributed by atoms with E-state index in [1.807, 2.05) is 7.05 Å². The van der Waals surface area contributed by atoms with Crippen molar-refractivity contribution < 1.29 is 9.59 Å². The fourth-order valence-electron chi connectivity index (χ4n) is 1.09. The molecule has 1 amide bonds. The molecule has 0 aromatic heterocycles. The molecule has 0 aromatic carbocycles. The third-order valence-corrected chi connectivity index (χ3v) is 2.04. The van der Waals surface area contributed by atoms with Crippen LogP contribution in [0.15, 0.2) is 0 Å². The zero-order valence-corrected chi connectivity index (χ0v) is 9.30. The lowest BCUT2D eigenvalue weighted by molar-refractivity contribution is -0.131.